The summed E-state index contributed by atoms with van der Waals surface area (Å²) in [5, 5.41) is 20.1. The van der Waals surface area contributed by atoms with E-state index < -0.39 is 23.9 Å². The van der Waals surface area contributed by atoms with Crippen LogP contribution in [0, 0.1) is 0 Å². The van der Waals surface area contributed by atoms with Crippen LogP contribution in [-0.4, -0.2) is 91.0 Å². The molecule has 0 saturated carbocycles. The first-order valence-corrected chi connectivity index (χ1v) is 10.2. The van der Waals surface area contributed by atoms with E-state index in [4.69, 9.17) is 28.4 Å². The van der Waals surface area contributed by atoms with E-state index in [-0.39, 0.29) is 71.2 Å². The molecule has 0 heterocycles. The van der Waals surface area contributed by atoms with E-state index in [1.807, 2.05) is 0 Å². The number of carboxylic acids is 2. The Kier molecular flexibility index (Phi) is 30.9. The number of ether oxygens (including phenoxy) is 6. The molecule has 0 bridgehead atoms. The minimum atomic E-state index is -1.16. The largest absolute Gasteiger partial charge is 2.00 e. The molecule has 0 aromatic rings. The van der Waals surface area contributed by atoms with E-state index in [0.717, 1.165) is 0 Å². The normalized spacial score (nSPS) is 9.76. The molecule has 12 nitrogen and oxygen atoms in total. The summed E-state index contributed by atoms with van der Waals surface area (Å²) in [6, 6.07) is 0. The third kappa shape index (κ3) is 35.1. The Morgan fingerprint density at radius 1 is 0.545 bits per heavy atom. The number of rotatable bonds is 20. The number of esters is 2. The molecule has 0 aliphatic carbocycles. The van der Waals surface area contributed by atoms with Crippen LogP contribution < -0.4 is 10.2 Å². The molecule has 0 N–H and O–H groups in total. The molecule has 0 atom stereocenters. The van der Waals surface area contributed by atoms with Gasteiger partial charge in [-0.1, -0.05) is 0 Å². The van der Waals surface area contributed by atoms with Gasteiger partial charge in [-0.3, -0.25) is 9.59 Å². The van der Waals surface area contributed by atoms with Crippen molar-refractivity contribution in [1.82, 2.24) is 0 Å². The molecule has 0 aromatic heterocycles. The molecule has 0 rings (SSSR count). The van der Waals surface area contributed by atoms with Crippen molar-refractivity contribution in [3.05, 3.63) is 0 Å². The number of methoxy groups -OCH3 is 2. The zero-order valence-electron chi connectivity index (χ0n) is 19.5. The van der Waals surface area contributed by atoms with Crippen LogP contribution in [-0.2, 0) is 67.1 Å². The van der Waals surface area contributed by atoms with Gasteiger partial charge in [-0.2, -0.15) is 0 Å². The average molecular weight is 532 g/mol. The standard InChI is InChI=1S/2C10H18O6.Zn/c2*1-14-5-6-15-7-8-16-10(13)4-2-3-9(11)12;/h2*2-8H2,1H3,(H,11,12);/q;;+2/p-2. The summed E-state index contributed by atoms with van der Waals surface area (Å²) >= 11 is 0. The fourth-order valence-electron chi connectivity index (χ4n) is 1.82. The van der Waals surface area contributed by atoms with Crippen LogP contribution in [0.5, 0.6) is 0 Å². The number of carbonyl (C=O) groups is 4. The molecule has 0 aliphatic heterocycles. The van der Waals surface area contributed by atoms with Gasteiger partial charge in [0, 0.05) is 39.0 Å². The van der Waals surface area contributed by atoms with Crippen LogP contribution in [0.25, 0.3) is 0 Å². The van der Waals surface area contributed by atoms with Gasteiger partial charge in [0.2, 0.25) is 0 Å². The van der Waals surface area contributed by atoms with Crippen molar-refractivity contribution < 1.29 is 77.3 Å². The Morgan fingerprint density at radius 2 is 0.879 bits per heavy atom. The predicted octanol–water partition coefficient (Wildman–Crippen LogP) is -1.78. The number of carbonyl (C=O) groups excluding carboxylic acids is 4. The van der Waals surface area contributed by atoms with E-state index in [9.17, 15) is 29.4 Å². The molecule has 0 unspecified atom stereocenters. The maximum Gasteiger partial charge on any atom is 2.00 e. The van der Waals surface area contributed by atoms with Crippen molar-refractivity contribution >= 4 is 23.9 Å². The Labute approximate surface area is 206 Å². The molecule has 0 spiro atoms. The third-order valence-corrected chi connectivity index (χ3v) is 3.37. The smallest absolute Gasteiger partial charge is 0.550 e. The molecule has 0 aromatic carbocycles. The Morgan fingerprint density at radius 3 is 1.18 bits per heavy atom. The Hall–Kier alpha value is -1.66. The van der Waals surface area contributed by atoms with Gasteiger partial charge in [-0.05, 0) is 25.7 Å². The summed E-state index contributed by atoms with van der Waals surface area (Å²) in [7, 11) is 3.14. The molecule has 0 saturated heterocycles. The maximum absolute atomic E-state index is 11.0. The van der Waals surface area contributed by atoms with Crippen molar-refractivity contribution in [3.8, 4) is 0 Å². The van der Waals surface area contributed by atoms with Crippen LogP contribution in [0.4, 0.5) is 0 Å². The van der Waals surface area contributed by atoms with Gasteiger partial charge in [0.25, 0.3) is 0 Å². The summed E-state index contributed by atoms with van der Waals surface area (Å²) < 4.78 is 29.2. The number of aliphatic carboxylic acids is 2. The van der Waals surface area contributed by atoms with Gasteiger partial charge < -0.3 is 48.2 Å². The molecular formula is C20H34O12Zn. The second kappa shape index (κ2) is 28.4. The van der Waals surface area contributed by atoms with E-state index in [0.29, 0.717) is 39.6 Å². The molecule has 33 heavy (non-hydrogen) atoms. The molecule has 0 aliphatic rings. The second-order valence-electron chi connectivity index (χ2n) is 6.10. The molecular weight excluding hydrogens is 498 g/mol. The molecule has 188 valence electrons. The van der Waals surface area contributed by atoms with Crippen molar-refractivity contribution in [1.29, 1.82) is 0 Å². The third-order valence-electron chi connectivity index (χ3n) is 3.37. The minimum absolute atomic E-state index is 0. The van der Waals surface area contributed by atoms with Gasteiger partial charge in [-0.15, -0.1) is 0 Å². The van der Waals surface area contributed by atoms with E-state index in [1.165, 1.54) is 0 Å². The Bertz CT molecular complexity index is 457. The van der Waals surface area contributed by atoms with Crippen LogP contribution >= 0.6 is 0 Å². The summed E-state index contributed by atoms with van der Waals surface area (Å²) in [6.45, 7) is 2.89. The first-order valence-electron chi connectivity index (χ1n) is 10.2. The average Bonchev–Trinajstić information content (AvgIpc) is 2.73. The van der Waals surface area contributed by atoms with Crippen LogP contribution in [0.3, 0.4) is 0 Å². The summed E-state index contributed by atoms with van der Waals surface area (Å²) in [5.41, 5.74) is 0. The number of hydrogen-bond acceptors (Lipinski definition) is 12. The summed E-state index contributed by atoms with van der Waals surface area (Å²) in [5.74, 6) is -3.15. The fraction of sp³-hybridized carbons (Fsp3) is 0.800. The van der Waals surface area contributed by atoms with Gasteiger partial charge >= 0.3 is 31.4 Å². The van der Waals surface area contributed by atoms with E-state index >= 15 is 0 Å². The van der Waals surface area contributed by atoms with Gasteiger partial charge in [-0.25, -0.2) is 0 Å². The molecule has 0 radical (unpaired) electrons. The van der Waals surface area contributed by atoms with Crippen LogP contribution in [0.1, 0.15) is 38.5 Å². The number of carboxylic acid groups (broad SMARTS) is 2. The molecule has 13 heteroatoms. The number of hydrogen-bond donors (Lipinski definition) is 0. The van der Waals surface area contributed by atoms with Gasteiger partial charge in [0.05, 0.1) is 39.6 Å². The van der Waals surface area contributed by atoms with E-state index in [2.05, 4.69) is 0 Å². The van der Waals surface area contributed by atoms with Gasteiger partial charge in [0.1, 0.15) is 13.2 Å². The second-order valence-corrected chi connectivity index (χ2v) is 6.10. The van der Waals surface area contributed by atoms with Crippen molar-refractivity contribution in [2.75, 3.05) is 67.1 Å². The topological polar surface area (TPSA) is 170 Å². The molecule has 0 fully saturated rings. The zero-order chi connectivity index (χ0) is 24.5. The Balaban J connectivity index is -0.000000529. The van der Waals surface area contributed by atoms with Crippen molar-refractivity contribution in [2.24, 2.45) is 0 Å². The van der Waals surface area contributed by atoms with Gasteiger partial charge in [0.15, 0.2) is 0 Å². The quantitative estimate of drug-likeness (QED) is 0.0984. The van der Waals surface area contributed by atoms with Crippen molar-refractivity contribution in [2.45, 2.75) is 38.5 Å². The van der Waals surface area contributed by atoms with Crippen LogP contribution in [0.15, 0.2) is 0 Å². The first-order chi connectivity index (χ1) is 15.3. The van der Waals surface area contributed by atoms with Crippen molar-refractivity contribution in [3.63, 3.8) is 0 Å². The maximum atomic E-state index is 11.0. The minimum Gasteiger partial charge on any atom is -0.550 e. The summed E-state index contributed by atoms with van der Waals surface area (Å²) in [6.07, 6.45) is 0.411. The first kappa shape index (κ1) is 35.9. The summed E-state index contributed by atoms with van der Waals surface area (Å²) in [4.78, 5) is 42.1. The van der Waals surface area contributed by atoms with E-state index in [1.54, 1.807) is 14.2 Å². The molecule has 0 amide bonds. The fourth-order valence-corrected chi connectivity index (χ4v) is 1.82. The SMILES string of the molecule is COCCOCCOC(=O)CCCC(=O)[O-].COCCOCCOC(=O)CCCC(=O)[O-].[Zn+2]. The monoisotopic (exact) mass is 530 g/mol. The predicted molar refractivity (Wildman–Crippen MR) is 105 cm³/mol. The van der Waals surface area contributed by atoms with Crippen LogP contribution in [0.2, 0.25) is 0 Å². The zero-order valence-corrected chi connectivity index (χ0v) is 22.5.